The van der Waals surface area contributed by atoms with Crippen LogP contribution < -0.4 is 25.8 Å². The lowest BCUT2D eigenvalue weighted by Gasteiger charge is -2.32. The van der Waals surface area contributed by atoms with Gasteiger partial charge in [-0.15, -0.1) is 0 Å². The van der Waals surface area contributed by atoms with Gasteiger partial charge in [-0.3, -0.25) is 9.59 Å². The van der Waals surface area contributed by atoms with Gasteiger partial charge in [0.2, 0.25) is 5.95 Å². The van der Waals surface area contributed by atoms with E-state index in [-0.39, 0.29) is 40.3 Å². The number of halogens is 2. The molecule has 1 aliphatic heterocycles. The molecule has 0 bridgehead atoms. The topological polar surface area (TPSA) is 105 Å². The Kier molecular flexibility index (Phi) is 7.60. The zero-order valence-electron chi connectivity index (χ0n) is 20.6. The molecule has 1 aromatic carbocycles. The summed E-state index contributed by atoms with van der Waals surface area (Å²) in [4.78, 5) is 37.8. The summed E-state index contributed by atoms with van der Waals surface area (Å²) in [6.45, 7) is 6.58. The average molecular weight is 518 g/mol. The van der Waals surface area contributed by atoms with Crippen molar-refractivity contribution in [2.45, 2.75) is 19.9 Å². The molecule has 2 aromatic heterocycles. The first-order valence-electron chi connectivity index (χ1n) is 11.6. The van der Waals surface area contributed by atoms with Crippen molar-refractivity contribution < 1.29 is 13.9 Å². The molecule has 0 aliphatic carbocycles. The molecule has 12 heteroatoms. The molecule has 36 heavy (non-hydrogen) atoms. The average Bonchev–Trinajstić information content (AvgIpc) is 2.86. The number of benzene rings is 1. The smallest absolute Gasteiger partial charge is 0.293 e. The van der Waals surface area contributed by atoms with Crippen LogP contribution in [0.3, 0.4) is 0 Å². The van der Waals surface area contributed by atoms with Crippen molar-refractivity contribution in [3.05, 3.63) is 45.6 Å². The number of carbonyl (C=O) groups is 1. The number of anilines is 3. The van der Waals surface area contributed by atoms with Crippen molar-refractivity contribution in [2.24, 2.45) is 0 Å². The normalized spacial score (nSPS) is 14.4. The van der Waals surface area contributed by atoms with Gasteiger partial charge in [0.1, 0.15) is 5.02 Å². The van der Waals surface area contributed by atoms with Crippen LogP contribution in [0.1, 0.15) is 19.9 Å². The van der Waals surface area contributed by atoms with Gasteiger partial charge < -0.3 is 29.7 Å². The van der Waals surface area contributed by atoms with Crippen LogP contribution in [0.4, 0.5) is 21.8 Å². The van der Waals surface area contributed by atoms with Crippen LogP contribution in [0.5, 0.6) is 5.75 Å². The number of aromatic nitrogens is 3. The maximum atomic E-state index is 15.8. The molecular weight excluding hydrogens is 489 g/mol. The van der Waals surface area contributed by atoms with E-state index in [1.165, 1.54) is 29.9 Å². The Morgan fingerprint density at radius 1 is 1.25 bits per heavy atom. The SMILES string of the molecule is CNC(=O)COc1cc2c(F)c(Nc3nc(N4CCN(C)CC4)ncc3Cl)ccc2n(C(C)C)c1=O. The molecule has 0 radical (unpaired) electrons. The Labute approximate surface area is 213 Å². The molecule has 3 heterocycles. The van der Waals surface area contributed by atoms with E-state index in [4.69, 9.17) is 16.3 Å². The van der Waals surface area contributed by atoms with Crippen LogP contribution in [0, 0.1) is 5.82 Å². The fourth-order valence-electron chi connectivity index (χ4n) is 4.01. The van der Waals surface area contributed by atoms with E-state index in [0.29, 0.717) is 11.5 Å². The molecule has 1 saturated heterocycles. The number of hydrogen-bond acceptors (Lipinski definition) is 8. The molecule has 10 nitrogen and oxygen atoms in total. The molecule has 2 N–H and O–H groups in total. The van der Waals surface area contributed by atoms with Gasteiger partial charge in [0.15, 0.2) is 24.0 Å². The van der Waals surface area contributed by atoms with E-state index in [2.05, 4.69) is 37.4 Å². The molecule has 0 saturated carbocycles. The standard InChI is InChI=1S/C24H29ClFN7O3/c1-14(2)33-18-6-5-17(21(26)15(18)11-19(23(33)35)36-13-20(34)27-3)29-22-16(25)12-28-24(30-22)32-9-7-31(4)8-10-32/h5-6,11-12,14H,7-10,13H2,1-4H3,(H,27,34)(H,28,29,30). The molecule has 0 unspecified atom stereocenters. The van der Waals surface area contributed by atoms with Gasteiger partial charge in [0.25, 0.3) is 11.5 Å². The summed E-state index contributed by atoms with van der Waals surface area (Å²) in [6.07, 6.45) is 1.49. The van der Waals surface area contributed by atoms with Crippen molar-refractivity contribution in [1.29, 1.82) is 0 Å². The third kappa shape index (κ3) is 5.21. The molecule has 0 spiro atoms. The Hall–Kier alpha value is -3.44. The van der Waals surface area contributed by atoms with Gasteiger partial charge in [0.05, 0.1) is 17.4 Å². The minimum atomic E-state index is -0.609. The van der Waals surface area contributed by atoms with E-state index in [1.54, 1.807) is 6.07 Å². The number of amides is 1. The van der Waals surface area contributed by atoms with Crippen LogP contribution in [0.25, 0.3) is 10.9 Å². The predicted octanol–water partition coefficient (Wildman–Crippen LogP) is 2.79. The predicted molar refractivity (Wildman–Crippen MR) is 138 cm³/mol. The number of ether oxygens (including phenoxy) is 1. The second kappa shape index (κ2) is 10.7. The number of pyridine rings is 1. The summed E-state index contributed by atoms with van der Waals surface area (Å²) in [6, 6.07) is 4.23. The Morgan fingerprint density at radius 3 is 2.64 bits per heavy atom. The summed E-state index contributed by atoms with van der Waals surface area (Å²) in [5, 5.41) is 5.80. The van der Waals surface area contributed by atoms with Gasteiger partial charge in [0, 0.05) is 44.7 Å². The summed E-state index contributed by atoms with van der Waals surface area (Å²) in [5.41, 5.74) is 0.0769. The van der Waals surface area contributed by atoms with Crippen LogP contribution in [-0.2, 0) is 4.79 Å². The van der Waals surface area contributed by atoms with E-state index < -0.39 is 17.3 Å². The number of piperazine rings is 1. The van der Waals surface area contributed by atoms with Crippen LogP contribution >= 0.6 is 11.6 Å². The van der Waals surface area contributed by atoms with Crippen LogP contribution in [0.2, 0.25) is 5.02 Å². The van der Waals surface area contributed by atoms with Gasteiger partial charge in [-0.05, 0) is 39.1 Å². The molecule has 1 aliphatic rings. The lowest BCUT2D eigenvalue weighted by molar-refractivity contribution is -0.122. The number of nitrogens with one attached hydrogen (secondary N) is 2. The highest BCUT2D eigenvalue weighted by molar-refractivity contribution is 6.32. The fraction of sp³-hybridized carbons (Fsp3) is 0.417. The van der Waals surface area contributed by atoms with Crippen molar-refractivity contribution in [1.82, 2.24) is 24.8 Å². The Bertz CT molecular complexity index is 1340. The maximum absolute atomic E-state index is 15.8. The summed E-state index contributed by atoms with van der Waals surface area (Å²) in [7, 11) is 3.52. The molecule has 192 valence electrons. The third-order valence-corrected chi connectivity index (χ3v) is 6.32. The second-order valence-electron chi connectivity index (χ2n) is 8.88. The molecule has 1 amide bonds. The van der Waals surface area contributed by atoms with Crippen molar-refractivity contribution in [3.63, 3.8) is 0 Å². The minimum Gasteiger partial charge on any atom is -0.478 e. The van der Waals surface area contributed by atoms with Gasteiger partial charge in [-0.2, -0.15) is 4.98 Å². The van der Waals surface area contributed by atoms with E-state index >= 15 is 4.39 Å². The lowest BCUT2D eigenvalue weighted by atomic mass is 10.1. The first-order chi connectivity index (χ1) is 17.2. The molecule has 0 atom stereocenters. The van der Waals surface area contributed by atoms with Gasteiger partial charge >= 0.3 is 0 Å². The summed E-state index contributed by atoms with van der Waals surface area (Å²) < 4.78 is 22.7. The summed E-state index contributed by atoms with van der Waals surface area (Å²) in [5.74, 6) is -0.353. The monoisotopic (exact) mass is 517 g/mol. The Balaban J connectivity index is 1.72. The first-order valence-corrected chi connectivity index (χ1v) is 12.0. The van der Waals surface area contributed by atoms with Crippen molar-refractivity contribution >= 4 is 45.9 Å². The zero-order chi connectivity index (χ0) is 26.0. The number of likely N-dealkylation sites (N-methyl/N-ethyl adjacent to an activating group) is 2. The molecule has 1 fully saturated rings. The first kappa shape index (κ1) is 25.6. The highest BCUT2D eigenvalue weighted by Gasteiger charge is 2.21. The highest BCUT2D eigenvalue weighted by Crippen LogP contribution is 2.31. The number of carbonyl (C=O) groups excluding carboxylic acids is 1. The number of fused-ring (bicyclic) bond motifs is 1. The lowest BCUT2D eigenvalue weighted by Crippen LogP contribution is -2.45. The highest BCUT2D eigenvalue weighted by atomic mass is 35.5. The quantitative estimate of drug-likeness (QED) is 0.493. The zero-order valence-corrected chi connectivity index (χ0v) is 21.4. The van der Waals surface area contributed by atoms with Gasteiger partial charge in [-0.1, -0.05) is 11.6 Å². The summed E-state index contributed by atoms with van der Waals surface area (Å²) >= 11 is 6.34. The number of hydrogen-bond donors (Lipinski definition) is 2. The Morgan fingerprint density at radius 2 is 1.97 bits per heavy atom. The minimum absolute atomic E-state index is 0.117. The third-order valence-electron chi connectivity index (χ3n) is 6.05. The molecule has 4 rings (SSSR count). The molecular formula is C24H29ClFN7O3. The number of nitrogens with zero attached hydrogens (tertiary/aromatic N) is 5. The second-order valence-corrected chi connectivity index (χ2v) is 9.29. The van der Waals surface area contributed by atoms with Crippen LogP contribution in [-0.4, -0.2) is 72.2 Å². The van der Waals surface area contributed by atoms with E-state index in [9.17, 15) is 9.59 Å². The molecule has 3 aromatic rings. The fourth-order valence-corrected chi connectivity index (χ4v) is 4.15. The van der Waals surface area contributed by atoms with E-state index in [1.807, 2.05) is 13.8 Å². The van der Waals surface area contributed by atoms with Gasteiger partial charge in [-0.25, -0.2) is 9.37 Å². The van der Waals surface area contributed by atoms with Crippen molar-refractivity contribution in [3.8, 4) is 5.75 Å². The van der Waals surface area contributed by atoms with Crippen molar-refractivity contribution in [2.75, 3.05) is 57.1 Å². The largest absolute Gasteiger partial charge is 0.478 e. The number of rotatable bonds is 7. The van der Waals surface area contributed by atoms with Crippen LogP contribution in [0.15, 0.2) is 29.2 Å². The van der Waals surface area contributed by atoms with E-state index in [0.717, 1.165) is 26.2 Å². The maximum Gasteiger partial charge on any atom is 0.293 e.